The third kappa shape index (κ3) is 36.4. The van der Waals surface area contributed by atoms with E-state index in [-0.39, 0.29) is 20.4 Å². The molecule has 0 spiro atoms. The van der Waals surface area contributed by atoms with Crippen molar-refractivity contribution in [1.82, 2.24) is 0 Å². The fraction of sp³-hybridized carbons (Fsp3) is 0.415. The highest BCUT2D eigenvalue weighted by Crippen LogP contribution is 2.56. The quantitative estimate of drug-likeness (QED) is 0.0261. The van der Waals surface area contributed by atoms with Gasteiger partial charge in [-0.15, -0.1) is 0 Å². The molecule has 0 aliphatic carbocycles. The van der Waals surface area contributed by atoms with Crippen LogP contribution in [0.3, 0.4) is 0 Å². The SMILES string of the molecule is CCC(C)c1ccccc1OP(OCOP(Oc1ccccc1C(C)CC)Oc1ccccc1C(C)CC)Oc1ccccc1C(C)CC.CCC(C)c1ccccc1OP(OCOP(Oc1ccccc1C(C)CC)Oc1ccccc1C(C)CC)Oc1ccccc1C(C)CC.CCC(C)c1ccccc1OP(OCOP(Oc1ccccc1C(C)CC)Oc1ccccc1C(C)CC)Oc1ccccc1C(C)CC. The fourth-order valence-electron chi connectivity index (χ4n) is 16.0. The van der Waals surface area contributed by atoms with E-state index < -0.39 is 51.6 Å². The molecule has 0 bridgehead atoms. The normalized spacial score (nSPS) is 15.0. The van der Waals surface area contributed by atoms with E-state index in [1.165, 1.54) is 0 Å². The molecule has 0 fully saturated rings. The number of rotatable bonds is 60. The first-order valence-corrected chi connectivity index (χ1v) is 59.7. The van der Waals surface area contributed by atoms with Crippen LogP contribution >= 0.6 is 51.6 Å². The van der Waals surface area contributed by atoms with Gasteiger partial charge in [0.05, 0.1) is 0 Å². The maximum absolute atomic E-state index is 6.56. The molecule has 12 unspecified atom stereocenters. The monoisotopic (exact) mass is 2110 g/mol. The Kier molecular flexibility index (Phi) is 52.3. The minimum atomic E-state index is -1.92. The molecular weight excluding hydrogens is 1950 g/mol. The molecule has 12 rings (SSSR count). The van der Waals surface area contributed by atoms with Crippen molar-refractivity contribution in [1.29, 1.82) is 0 Å². The van der Waals surface area contributed by atoms with Crippen LogP contribution in [0.5, 0.6) is 69.0 Å². The molecule has 12 aromatic rings. The summed E-state index contributed by atoms with van der Waals surface area (Å²) in [5.74, 6) is 12.6. The van der Waals surface area contributed by atoms with Crippen LogP contribution in [0.15, 0.2) is 291 Å². The Morgan fingerprint density at radius 2 is 0.204 bits per heavy atom. The van der Waals surface area contributed by atoms with E-state index in [1.807, 2.05) is 218 Å². The van der Waals surface area contributed by atoms with Gasteiger partial charge in [-0.1, -0.05) is 385 Å². The van der Waals surface area contributed by atoms with Crippen LogP contribution in [-0.2, 0) is 27.1 Å². The van der Waals surface area contributed by atoms with Crippen LogP contribution in [0, 0.1) is 0 Å². The average molecular weight is 2110 g/mol. The van der Waals surface area contributed by atoms with Crippen LogP contribution < -0.4 is 54.3 Å². The zero-order valence-electron chi connectivity index (χ0n) is 91.3. The zero-order chi connectivity index (χ0) is 106. The third-order valence-electron chi connectivity index (χ3n) is 27.8. The third-order valence-corrected chi connectivity index (χ3v) is 33.8. The molecule has 0 saturated heterocycles. The fourth-order valence-corrected chi connectivity index (χ4v) is 21.9. The van der Waals surface area contributed by atoms with Crippen molar-refractivity contribution in [3.05, 3.63) is 358 Å². The maximum Gasteiger partial charge on any atom is 0.465 e. The highest BCUT2D eigenvalue weighted by atomic mass is 31.2. The molecule has 12 aromatic carbocycles. The largest absolute Gasteiger partial charge is 0.465 e. The Morgan fingerprint density at radius 3 is 0.279 bits per heavy atom. The lowest BCUT2D eigenvalue weighted by Gasteiger charge is -2.25. The lowest BCUT2D eigenvalue weighted by molar-refractivity contribution is 0.0976. The van der Waals surface area contributed by atoms with Crippen molar-refractivity contribution in [2.75, 3.05) is 20.4 Å². The van der Waals surface area contributed by atoms with E-state index in [1.54, 1.807) is 0 Å². The number of benzene rings is 12. The molecular formula is C123H162O18P6. The average Bonchev–Trinajstić information content (AvgIpc) is 0.845. The molecule has 0 saturated carbocycles. The molecule has 147 heavy (non-hydrogen) atoms. The summed E-state index contributed by atoms with van der Waals surface area (Å²) in [6, 6.07) is 97.1. The van der Waals surface area contributed by atoms with Crippen molar-refractivity contribution < 1.29 is 81.4 Å². The van der Waals surface area contributed by atoms with Gasteiger partial charge in [-0.05, 0) is 288 Å². The van der Waals surface area contributed by atoms with Gasteiger partial charge in [0.15, 0.2) is 20.4 Å². The summed E-state index contributed by atoms with van der Waals surface area (Å²) in [5.41, 5.74) is 13.3. The molecule has 0 N–H and O–H groups in total. The van der Waals surface area contributed by atoms with E-state index in [4.69, 9.17) is 81.4 Å². The number of hydrogen-bond donors (Lipinski definition) is 0. The number of hydrogen-bond acceptors (Lipinski definition) is 18. The number of para-hydroxylation sites is 12. The van der Waals surface area contributed by atoms with Crippen molar-refractivity contribution >= 4 is 51.6 Å². The van der Waals surface area contributed by atoms with Gasteiger partial charge in [-0.25, -0.2) is 0 Å². The summed E-state index contributed by atoms with van der Waals surface area (Å²) in [7, 11) is -11.5. The second-order valence-electron chi connectivity index (χ2n) is 37.7. The van der Waals surface area contributed by atoms with Crippen molar-refractivity contribution in [2.24, 2.45) is 0 Å². The van der Waals surface area contributed by atoms with Crippen LogP contribution in [0.25, 0.3) is 0 Å². The Morgan fingerprint density at radius 1 is 0.129 bits per heavy atom. The highest BCUT2D eigenvalue weighted by molar-refractivity contribution is 7.44. The molecule has 0 amide bonds. The molecule has 12 atom stereocenters. The second kappa shape index (κ2) is 64.3. The van der Waals surface area contributed by atoms with E-state index in [0.29, 0.717) is 71.0 Å². The zero-order valence-corrected chi connectivity index (χ0v) is 96.6. The van der Waals surface area contributed by atoms with Crippen molar-refractivity contribution in [3.63, 3.8) is 0 Å². The molecule has 0 radical (unpaired) electrons. The molecule has 0 aromatic heterocycles. The van der Waals surface area contributed by atoms with E-state index in [9.17, 15) is 0 Å². The summed E-state index contributed by atoms with van der Waals surface area (Å²) in [5, 5.41) is 0. The van der Waals surface area contributed by atoms with Gasteiger partial charge >= 0.3 is 51.6 Å². The Hall–Kier alpha value is -9.42. The predicted octanol–water partition coefficient (Wildman–Crippen LogP) is 41.4. The molecule has 0 aliphatic heterocycles. The lowest BCUT2D eigenvalue weighted by atomic mass is 9.98. The molecule has 792 valence electrons. The van der Waals surface area contributed by atoms with Gasteiger partial charge in [-0.3, -0.25) is 27.1 Å². The van der Waals surface area contributed by atoms with Crippen molar-refractivity contribution in [3.8, 4) is 69.0 Å². The predicted molar refractivity (Wildman–Crippen MR) is 612 cm³/mol. The van der Waals surface area contributed by atoms with Crippen LogP contribution in [-0.4, -0.2) is 20.4 Å². The molecule has 18 nitrogen and oxygen atoms in total. The van der Waals surface area contributed by atoms with Crippen molar-refractivity contribution in [2.45, 2.75) is 314 Å². The highest BCUT2D eigenvalue weighted by Gasteiger charge is 2.34. The Balaban J connectivity index is 0.000000226. The Labute approximate surface area is 888 Å². The summed E-state index contributed by atoms with van der Waals surface area (Å²) >= 11 is 0. The van der Waals surface area contributed by atoms with Crippen LogP contribution in [0.4, 0.5) is 0 Å². The van der Waals surface area contributed by atoms with Gasteiger partial charge in [0.1, 0.15) is 69.0 Å². The molecule has 24 heteroatoms. The molecule has 0 heterocycles. The van der Waals surface area contributed by atoms with E-state index in [0.717, 1.165) is 213 Å². The van der Waals surface area contributed by atoms with E-state index in [2.05, 4.69) is 239 Å². The minimum absolute atomic E-state index is 0.161. The first kappa shape index (κ1) is 119. The summed E-state index contributed by atoms with van der Waals surface area (Å²) in [6.45, 7) is 52.0. The smallest absolute Gasteiger partial charge is 0.417 e. The van der Waals surface area contributed by atoms with E-state index >= 15 is 0 Å². The summed E-state index contributed by atoms with van der Waals surface area (Å²) < 4.78 is 117. The first-order valence-electron chi connectivity index (χ1n) is 53.2. The lowest BCUT2D eigenvalue weighted by Crippen LogP contribution is -2.09. The first-order chi connectivity index (χ1) is 71.4. The maximum atomic E-state index is 6.56. The van der Waals surface area contributed by atoms with Crippen LogP contribution in [0.1, 0.15) is 381 Å². The van der Waals surface area contributed by atoms with Gasteiger partial charge in [0, 0.05) is 0 Å². The van der Waals surface area contributed by atoms with Gasteiger partial charge in [-0.2, -0.15) is 0 Å². The topological polar surface area (TPSA) is 166 Å². The molecule has 0 aliphatic rings. The van der Waals surface area contributed by atoms with Gasteiger partial charge in [0.2, 0.25) is 0 Å². The van der Waals surface area contributed by atoms with Crippen LogP contribution in [0.2, 0.25) is 0 Å². The standard InChI is InChI=1S/3C41H54O6P2/c3*1-9-30(5)34-21-13-17-25-38(34)44-48(45-39-26-18-14-22-35(39)31(6)10-2)42-29-43-49(46-40-27-19-15-23-36(40)32(7)11-3)47-41-28-20-16-24-37(41)33(8)12-4/h3*13-28,30-33H,9-12,29H2,1-8H3. The Bertz CT molecular complexity index is 4570. The second-order valence-corrected chi connectivity index (χ2v) is 44.2. The van der Waals surface area contributed by atoms with Gasteiger partial charge in [0.25, 0.3) is 0 Å². The summed E-state index contributed by atoms with van der Waals surface area (Å²) in [4.78, 5) is 0. The van der Waals surface area contributed by atoms with Gasteiger partial charge < -0.3 is 54.3 Å². The summed E-state index contributed by atoms with van der Waals surface area (Å²) in [6.07, 6.45) is 11.8. The minimum Gasteiger partial charge on any atom is -0.417 e.